The van der Waals surface area contributed by atoms with Crippen LogP contribution < -0.4 is 10.6 Å². The second-order valence-corrected chi connectivity index (χ2v) is 5.17. The third-order valence-corrected chi connectivity index (χ3v) is 2.51. The van der Waals surface area contributed by atoms with Gasteiger partial charge in [-0.05, 0) is 27.2 Å². The Hall–Kier alpha value is -1.52. The third kappa shape index (κ3) is 2.35. The highest BCUT2D eigenvalue weighted by atomic mass is 16.2. The van der Waals surface area contributed by atoms with Crippen molar-refractivity contribution in [2.24, 2.45) is 0 Å². The first-order valence-electron chi connectivity index (χ1n) is 5.55. The molecule has 16 heavy (non-hydrogen) atoms. The summed E-state index contributed by atoms with van der Waals surface area (Å²) in [4.78, 5) is 15.9. The highest BCUT2D eigenvalue weighted by Crippen LogP contribution is 2.23. The lowest BCUT2D eigenvalue weighted by Gasteiger charge is -2.22. The van der Waals surface area contributed by atoms with Gasteiger partial charge >= 0.3 is 6.03 Å². The van der Waals surface area contributed by atoms with Crippen molar-refractivity contribution in [1.82, 2.24) is 20.2 Å². The number of fused-ring (bicyclic) bond motifs is 1. The van der Waals surface area contributed by atoms with Crippen LogP contribution in [-0.2, 0) is 6.54 Å². The quantitative estimate of drug-likeness (QED) is 0.755. The molecule has 1 aromatic rings. The van der Waals surface area contributed by atoms with Crippen LogP contribution >= 0.6 is 0 Å². The Labute approximate surface area is 95.2 Å². The SMILES string of the molecule is CC(C)(C)NC(=O)NC1CCn2ccnc21. The minimum atomic E-state index is -0.210. The Morgan fingerprint density at radius 1 is 1.56 bits per heavy atom. The zero-order chi connectivity index (χ0) is 11.8. The lowest BCUT2D eigenvalue weighted by atomic mass is 10.1. The molecule has 5 nitrogen and oxygen atoms in total. The summed E-state index contributed by atoms with van der Waals surface area (Å²) in [6.07, 6.45) is 4.63. The summed E-state index contributed by atoms with van der Waals surface area (Å²) in [6, 6.07) is -0.0914. The van der Waals surface area contributed by atoms with Crippen molar-refractivity contribution in [1.29, 1.82) is 0 Å². The Balaban J connectivity index is 1.95. The number of urea groups is 1. The number of carbonyl (C=O) groups excluding carboxylic acids is 1. The highest BCUT2D eigenvalue weighted by Gasteiger charge is 2.25. The van der Waals surface area contributed by atoms with Crippen LogP contribution in [0.3, 0.4) is 0 Å². The Morgan fingerprint density at radius 3 is 3.00 bits per heavy atom. The molecule has 2 rings (SSSR count). The van der Waals surface area contributed by atoms with E-state index in [0.717, 1.165) is 18.8 Å². The third-order valence-electron chi connectivity index (χ3n) is 2.51. The van der Waals surface area contributed by atoms with E-state index in [1.807, 2.05) is 27.0 Å². The number of carbonyl (C=O) groups is 1. The van der Waals surface area contributed by atoms with Gasteiger partial charge in [-0.15, -0.1) is 0 Å². The van der Waals surface area contributed by atoms with Gasteiger partial charge in [0, 0.05) is 24.5 Å². The van der Waals surface area contributed by atoms with Crippen LogP contribution in [-0.4, -0.2) is 21.1 Å². The molecule has 5 heteroatoms. The van der Waals surface area contributed by atoms with Crippen LogP contribution in [0.1, 0.15) is 39.1 Å². The first-order chi connectivity index (χ1) is 7.46. The van der Waals surface area contributed by atoms with E-state index in [2.05, 4.69) is 20.2 Å². The van der Waals surface area contributed by atoms with Crippen LogP contribution in [0.25, 0.3) is 0 Å². The molecule has 0 aliphatic carbocycles. The van der Waals surface area contributed by atoms with Gasteiger partial charge in [0.25, 0.3) is 0 Å². The maximum Gasteiger partial charge on any atom is 0.315 e. The minimum Gasteiger partial charge on any atom is -0.334 e. The lowest BCUT2D eigenvalue weighted by molar-refractivity contribution is 0.228. The zero-order valence-electron chi connectivity index (χ0n) is 9.95. The second-order valence-electron chi connectivity index (χ2n) is 5.17. The Kier molecular flexibility index (Phi) is 2.61. The second kappa shape index (κ2) is 3.81. The van der Waals surface area contributed by atoms with Crippen molar-refractivity contribution < 1.29 is 4.79 Å². The summed E-state index contributed by atoms with van der Waals surface area (Å²) < 4.78 is 2.07. The fourth-order valence-corrected chi connectivity index (χ4v) is 1.89. The van der Waals surface area contributed by atoms with Crippen LogP contribution in [0.15, 0.2) is 12.4 Å². The molecule has 1 aliphatic rings. The van der Waals surface area contributed by atoms with E-state index < -0.39 is 0 Å². The van der Waals surface area contributed by atoms with Gasteiger partial charge in [0.05, 0.1) is 6.04 Å². The molecule has 0 fully saturated rings. The molecular weight excluding hydrogens is 204 g/mol. The van der Waals surface area contributed by atoms with Crippen molar-refractivity contribution in [2.45, 2.75) is 45.3 Å². The van der Waals surface area contributed by atoms with Gasteiger partial charge in [0.15, 0.2) is 0 Å². The Morgan fingerprint density at radius 2 is 2.31 bits per heavy atom. The van der Waals surface area contributed by atoms with E-state index in [1.54, 1.807) is 6.20 Å². The fourth-order valence-electron chi connectivity index (χ4n) is 1.89. The number of nitrogens with one attached hydrogen (secondary N) is 2. The first-order valence-corrected chi connectivity index (χ1v) is 5.55. The van der Waals surface area contributed by atoms with Crippen LogP contribution in [0, 0.1) is 0 Å². The van der Waals surface area contributed by atoms with Crippen LogP contribution in [0.2, 0.25) is 0 Å². The van der Waals surface area contributed by atoms with Crippen molar-refractivity contribution in [3.8, 4) is 0 Å². The van der Waals surface area contributed by atoms with Crippen molar-refractivity contribution in [3.05, 3.63) is 18.2 Å². The number of hydrogen-bond acceptors (Lipinski definition) is 2. The summed E-state index contributed by atoms with van der Waals surface area (Å²) in [6.45, 7) is 6.81. The molecule has 2 N–H and O–H groups in total. The van der Waals surface area contributed by atoms with E-state index >= 15 is 0 Å². The molecule has 1 aliphatic heterocycles. The molecule has 0 bridgehead atoms. The molecule has 1 unspecified atom stereocenters. The fraction of sp³-hybridized carbons (Fsp3) is 0.636. The molecule has 2 heterocycles. The van der Waals surface area contributed by atoms with E-state index in [0.29, 0.717) is 0 Å². The van der Waals surface area contributed by atoms with Gasteiger partial charge in [-0.2, -0.15) is 0 Å². The number of rotatable bonds is 1. The molecule has 1 atom stereocenters. The maximum atomic E-state index is 11.7. The number of hydrogen-bond donors (Lipinski definition) is 2. The average molecular weight is 222 g/mol. The van der Waals surface area contributed by atoms with Gasteiger partial charge in [-0.25, -0.2) is 9.78 Å². The van der Waals surface area contributed by atoms with Gasteiger partial charge in [-0.3, -0.25) is 0 Å². The van der Waals surface area contributed by atoms with Crippen LogP contribution in [0.4, 0.5) is 4.79 Å². The van der Waals surface area contributed by atoms with Gasteiger partial charge in [0.2, 0.25) is 0 Å². The summed E-state index contributed by atoms with van der Waals surface area (Å²) in [5.41, 5.74) is -0.210. The van der Waals surface area contributed by atoms with Gasteiger partial charge < -0.3 is 15.2 Å². The average Bonchev–Trinajstić information content (AvgIpc) is 2.66. The normalized spacial score (nSPS) is 19.3. The molecule has 0 aromatic carbocycles. The highest BCUT2D eigenvalue weighted by molar-refractivity contribution is 5.75. The minimum absolute atomic E-state index is 0.0392. The number of nitrogens with zero attached hydrogens (tertiary/aromatic N) is 2. The Bertz CT molecular complexity index is 391. The molecular formula is C11H18N4O. The summed E-state index contributed by atoms with van der Waals surface area (Å²) >= 11 is 0. The predicted molar refractivity (Wildman–Crippen MR) is 61.0 cm³/mol. The summed E-state index contributed by atoms with van der Waals surface area (Å²) in [5.74, 6) is 0.948. The van der Waals surface area contributed by atoms with Crippen LogP contribution in [0.5, 0.6) is 0 Å². The van der Waals surface area contributed by atoms with Gasteiger partial charge in [-0.1, -0.05) is 0 Å². The molecule has 0 saturated heterocycles. The monoisotopic (exact) mass is 222 g/mol. The standard InChI is InChI=1S/C11H18N4O/c1-11(2,3)14-10(16)13-8-4-6-15-7-5-12-9(8)15/h5,7-8H,4,6H2,1-3H3,(H2,13,14,16). The summed E-state index contributed by atoms with van der Waals surface area (Å²) in [5, 5.41) is 5.83. The molecule has 0 spiro atoms. The number of aromatic nitrogens is 2. The molecule has 1 aromatic heterocycles. The first kappa shape index (κ1) is 11.0. The molecule has 88 valence electrons. The predicted octanol–water partition coefficient (Wildman–Crippen LogP) is 1.43. The number of aryl methyl sites for hydroxylation is 1. The molecule has 0 radical (unpaired) electrons. The van der Waals surface area contributed by atoms with E-state index in [9.17, 15) is 4.79 Å². The van der Waals surface area contributed by atoms with Crippen molar-refractivity contribution >= 4 is 6.03 Å². The van der Waals surface area contributed by atoms with Crippen molar-refractivity contribution in [3.63, 3.8) is 0 Å². The summed E-state index contributed by atoms with van der Waals surface area (Å²) in [7, 11) is 0. The maximum absolute atomic E-state index is 11.7. The largest absolute Gasteiger partial charge is 0.334 e. The topological polar surface area (TPSA) is 59.0 Å². The van der Waals surface area contributed by atoms with E-state index in [1.165, 1.54) is 0 Å². The molecule has 0 saturated carbocycles. The van der Waals surface area contributed by atoms with E-state index in [4.69, 9.17) is 0 Å². The smallest absolute Gasteiger partial charge is 0.315 e. The van der Waals surface area contributed by atoms with Gasteiger partial charge in [0.1, 0.15) is 5.82 Å². The number of imidazole rings is 1. The van der Waals surface area contributed by atoms with Crippen molar-refractivity contribution in [2.75, 3.05) is 0 Å². The number of amides is 2. The van der Waals surface area contributed by atoms with E-state index in [-0.39, 0.29) is 17.6 Å². The lowest BCUT2D eigenvalue weighted by Crippen LogP contribution is -2.47. The zero-order valence-corrected chi connectivity index (χ0v) is 9.95. The molecule has 2 amide bonds.